The number of ether oxygens (including phenoxy) is 2. The highest BCUT2D eigenvalue weighted by Crippen LogP contribution is 2.21. The number of carbonyl (C=O) groups is 1. The number of carbonyl (C=O) groups excluding carboxylic acids is 1. The van der Waals surface area contributed by atoms with Crippen molar-refractivity contribution in [3.63, 3.8) is 0 Å². The second-order valence-corrected chi connectivity index (χ2v) is 5.27. The highest BCUT2D eigenvalue weighted by molar-refractivity contribution is 5.89. The maximum absolute atomic E-state index is 11.7. The summed E-state index contributed by atoms with van der Waals surface area (Å²) in [4.78, 5) is 14.1. The molecule has 6 nitrogen and oxygen atoms in total. The Hall–Kier alpha value is -1.79. The van der Waals surface area contributed by atoms with E-state index < -0.39 is 0 Å². The first kappa shape index (κ1) is 16.6. The first-order valence-corrected chi connectivity index (χ1v) is 7.76. The van der Waals surface area contributed by atoms with Crippen LogP contribution in [0, 0.1) is 0 Å². The number of urea groups is 1. The number of benzene rings is 1. The Kier molecular flexibility index (Phi) is 6.99. The lowest BCUT2D eigenvalue weighted by molar-refractivity contribution is 0.0650. The van der Waals surface area contributed by atoms with Crippen LogP contribution < -0.4 is 15.5 Å². The van der Waals surface area contributed by atoms with Gasteiger partial charge in [0, 0.05) is 31.6 Å². The molecule has 0 aliphatic carbocycles. The van der Waals surface area contributed by atoms with Crippen LogP contribution in [0.25, 0.3) is 0 Å². The van der Waals surface area contributed by atoms with Crippen LogP contribution in [0.1, 0.15) is 19.3 Å². The summed E-state index contributed by atoms with van der Waals surface area (Å²) in [5.41, 5.74) is 1.99. The summed E-state index contributed by atoms with van der Waals surface area (Å²) < 4.78 is 10.0. The van der Waals surface area contributed by atoms with E-state index in [1.54, 1.807) is 7.11 Å². The van der Waals surface area contributed by atoms with Gasteiger partial charge in [0.25, 0.3) is 0 Å². The lowest BCUT2D eigenvalue weighted by Gasteiger charge is -2.28. The average molecular weight is 307 g/mol. The van der Waals surface area contributed by atoms with E-state index in [2.05, 4.69) is 27.7 Å². The van der Waals surface area contributed by atoms with E-state index in [4.69, 9.17) is 9.47 Å². The zero-order valence-corrected chi connectivity index (χ0v) is 13.1. The molecule has 2 amide bonds. The highest BCUT2D eigenvalue weighted by atomic mass is 16.5. The first-order chi connectivity index (χ1) is 10.8. The third-order valence-electron chi connectivity index (χ3n) is 3.61. The van der Waals surface area contributed by atoms with E-state index in [-0.39, 0.29) is 12.8 Å². The van der Waals surface area contributed by atoms with Crippen LogP contribution in [-0.2, 0) is 9.47 Å². The maximum atomic E-state index is 11.7. The number of amides is 2. The Balaban J connectivity index is 1.72. The summed E-state index contributed by atoms with van der Waals surface area (Å²) in [6, 6.07) is 7.68. The van der Waals surface area contributed by atoms with Crippen molar-refractivity contribution >= 4 is 17.4 Å². The van der Waals surface area contributed by atoms with Crippen LogP contribution in [0.15, 0.2) is 24.3 Å². The SMILES string of the molecule is COCCOCNC(=O)Nc1ccc(N2CCCCC2)cc1. The van der Waals surface area contributed by atoms with Gasteiger partial charge in [0.2, 0.25) is 0 Å². The molecule has 6 heteroatoms. The number of rotatable bonds is 7. The van der Waals surface area contributed by atoms with E-state index in [0.717, 1.165) is 18.8 Å². The lowest BCUT2D eigenvalue weighted by atomic mass is 10.1. The molecule has 0 radical (unpaired) electrons. The summed E-state index contributed by atoms with van der Waals surface area (Å²) >= 11 is 0. The molecule has 0 saturated carbocycles. The number of methoxy groups -OCH3 is 1. The Labute approximate surface area is 131 Å². The second-order valence-electron chi connectivity index (χ2n) is 5.27. The third-order valence-corrected chi connectivity index (χ3v) is 3.61. The van der Waals surface area contributed by atoms with E-state index in [0.29, 0.717) is 13.2 Å². The molecule has 2 N–H and O–H groups in total. The molecule has 0 spiro atoms. The lowest BCUT2D eigenvalue weighted by Crippen LogP contribution is -2.31. The molecule has 0 unspecified atom stereocenters. The molecule has 122 valence electrons. The van der Waals surface area contributed by atoms with Gasteiger partial charge in [-0.05, 0) is 43.5 Å². The molecule has 1 aliphatic rings. The van der Waals surface area contributed by atoms with Gasteiger partial charge in [-0.1, -0.05) is 0 Å². The van der Waals surface area contributed by atoms with Gasteiger partial charge in [0.1, 0.15) is 6.73 Å². The average Bonchev–Trinajstić information content (AvgIpc) is 2.56. The minimum absolute atomic E-state index is 0.168. The number of anilines is 2. The van der Waals surface area contributed by atoms with Crippen LogP contribution in [-0.4, -0.2) is 46.2 Å². The molecule has 1 heterocycles. The number of nitrogens with zero attached hydrogens (tertiary/aromatic N) is 1. The summed E-state index contributed by atoms with van der Waals surface area (Å²) in [5, 5.41) is 5.41. The van der Waals surface area contributed by atoms with Gasteiger partial charge >= 0.3 is 6.03 Å². The fraction of sp³-hybridized carbons (Fsp3) is 0.562. The molecular weight excluding hydrogens is 282 g/mol. The topological polar surface area (TPSA) is 62.8 Å². The number of piperidine rings is 1. The van der Waals surface area contributed by atoms with E-state index in [9.17, 15) is 4.79 Å². The molecule has 1 aliphatic heterocycles. The summed E-state index contributed by atoms with van der Waals surface area (Å²) in [7, 11) is 1.61. The minimum Gasteiger partial charge on any atom is -0.382 e. The standard InChI is InChI=1S/C16H25N3O3/c1-21-11-12-22-13-17-16(20)18-14-5-7-15(8-6-14)19-9-3-2-4-10-19/h5-8H,2-4,9-13H2,1H3,(H2,17,18,20). The van der Waals surface area contributed by atoms with Crippen molar-refractivity contribution < 1.29 is 14.3 Å². The Morgan fingerprint density at radius 3 is 2.55 bits per heavy atom. The van der Waals surface area contributed by atoms with Gasteiger partial charge in [-0.15, -0.1) is 0 Å². The van der Waals surface area contributed by atoms with Crippen LogP contribution in [0.4, 0.5) is 16.2 Å². The zero-order valence-electron chi connectivity index (χ0n) is 13.1. The molecule has 1 aromatic rings. The largest absolute Gasteiger partial charge is 0.382 e. The molecule has 22 heavy (non-hydrogen) atoms. The number of nitrogens with one attached hydrogen (secondary N) is 2. The quantitative estimate of drug-likeness (QED) is 0.600. The van der Waals surface area contributed by atoms with Gasteiger partial charge < -0.3 is 25.0 Å². The van der Waals surface area contributed by atoms with Gasteiger partial charge in [-0.3, -0.25) is 0 Å². The van der Waals surface area contributed by atoms with Gasteiger partial charge in [0.15, 0.2) is 0 Å². The summed E-state index contributed by atoms with van der Waals surface area (Å²) in [5.74, 6) is 0. The molecule has 1 fully saturated rings. The van der Waals surface area contributed by atoms with Crippen molar-refractivity contribution in [3.05, 3.63) is 24.3 Å². The predicted octanol–water partition coefficient (Wildman–Crippen LogP) is 2.42. The van der Waals surface area contributed by atoms with E-state index in [1.165, 1.54) is 24.9 Å². The zero-order chi connectivity index (χ0) is 15.6. The summed E-state index contributed by atoms with van der Waals surface area (Å²) in [6.45, 7) is 3.38. The monoisotopic (exact) mass is 307 g/mol. The van der Waals surface area contributed by atoms with E-state index in [1.807, 2.05) is 12.1 Å². The van der Waals surface area contributed by atoms with Gasteiger partial charge in [-0.2, -0.15) is 0 Å². The van der Waals surface area contributed by atoms with Crippen molar-refractivity contribution in [1.29, 1.82) is 0 Å². The fourth-order valence-corrected chi connectivity index (χ4v) is 2.41. The Bertz CT molecular complexity index is 444. The van der Waals surface area contributed by atoms with Crippen LogP contribution >= 0.6 is 0 Å². The van der Waals surface area contributed by atoms with Crippen molar-refractivity contribution in [2.24, 2.45) is 0 Å². The first-order valence-electron chi connectivity index (χ1n) is 7.76. The van der Waals surface area contributed by atoms with Gasteiger partial charge in [0.05, 0.1) is 13.2 Å². The van der Waals surface area contributed by atoms with Crippen LogP contribution in [0.3, 0.4) is 0 Å². The molecular formula is C16H25N3O3. The molecule has 2 rings (SSSR count). The molecule has 1 aromatic carbocycles. The summed E-state index contributed by atoms with van der Waals surface area (Å²) in [6.07, 6.45) is 3.83. The minimum atomic E-state index is -0.275. The van der Waals surface area contributed by atoms with Crippen molar-refractivity contribution in [1.82, 2.24) is 5.32 Å². The fourth-order valence-electron chi connectivity index (χ4n) is 2.41. The third kappa shape index (κ3) is 5.54. The highest BCUT2D eigenvalue weighted by Gasteiger charge is 2.10. The second kappa shape index (κ2) is 9.27. The van der Waals surface area contributed by atoms with Crippen LogP contribution in [0.2, 0.25) is 0 Å². The molecule has 0 bridgehead atoms. The van der Waals surface area contributed by atoms with E-state index >= 15 is 0 Å². The van der Waals surface area contributed by atoms with Crippen molar-refractivity contribution in [3.8, 4) is 0 Å². The van der Waals surface area contributed by atoms with Crippen molar-refractivity contribution in [2.45, 2.75) is 19.3 Å². The Morgan fingerprint density at radius 1 is 1.14 bits per heavy atom. The molecule has 1 saturated heterocycles. The Morgan fingerprint density at radius 2 is 1.86 bits per heavy atom. The maximum Gasteiger partial charge on any atom is 0.321 e. The number of hydrogen-bond donors (Lipinski definition) is 2. The normalized spacial score (nSPS) is 14.7. The molecule has 0 atom stereocenters. The van der Waals surface area contributed by atoms with Crippen LogP contribution in [0.5, 0.6) is 0 Å². The smallest absolute Gasteiger partial charge is 0.321 e. The van der Waals surface area contributed by atoms with Gasteiger partial charge in [-0.25, -0.2) is 4.79 Å². The molecule has 0 aromatic heterocycles. The number of hydrogen-bond acceptors (Lipinski definition) is 4. The van der Waals surface area contributed by atoms with Crippen molar-refractivity contribution in [2.75, 3.05) is 50.4 Å². The predicted molar refractivity (Wildman–Crippen MR) is 87.4 cm³/mol.